The molecule has 0 amide bonds. The van der Waals surface area contributed by atoms with E-state index in [1.54, 1.807) is 18.2 Å². The van der Waals surface area contributed by atoms with Gasteiger partial charge in [0.05, 0.1) is 11.1 Å². The molecule has 3 aromatic rings. The first-order chi connectivity index (χ1) is 9.97. The molecule has 0 unspecified atom stereocenters. The first kappa shape index (κ1) is 14.3. The summed E-state index contributed by atoms with van der Waals surface area (Å²) in [5.74, 6) is -4.30. The first-order valence-electron chi connectivity index (χ1n) is 5.74. The van der Waals surface area contributed by atoms with Crippen molar-refractivity contribution in [3.63, 3.8) is 0 Å². The monoisotopic (exact) mass is 372 g/mol. The van der Waals surface area contributed by atoms with Gasteiger partial charge in [0.25, 0.3) is 0 Å². The summed E-state index contributed by atoms with van der Waals surface area (Å²) in [6, 6.07) is 7.02. The summed E-state index contributed by atoms with van der Waals surface area (Å²) < 4.78 is 40.8. The lowest BCUT2D eigenvalue weighted by atomic mass is 10.1. The summed E-state index contributed by atoms with van der Waals surface area (Å²) in [5, 5.41) is 0.679. The molecule has 2 aromatic carbocycles. The molecule has 0 N–H and O–H groups in total. The predicted molar refractivity (Wildman–Crippen MR) is 77.6 cm³/mol. The Balaban J connectivity index is 2.28. The SMILES string of the molecule is Fc1ccc(-c2nc(Cl)c3ccc(Br)cc3n2)c(F)c1F. The highest BCUT2D eigenvalue weighted by atomic mass is 79.9. The molecule has 1 aromatic heterocycles. The molecule has 0 bridgehead atoms. The average Bonchev–Trinajstić information content (AvgIpc) is 2.44. The van der Waals surface area contributed by atoms with Crippen molar-refractivity contribution in [2.45, 2.75) is 0 Å². The fourth-order valence-corrected chi connectivity index (χ4v) is 2.47. The van der Waals surface area contributed by atoms with Crippen molar-refractivity contribution >= 4 is 38.4 Å². The zero-order valence-corrected chi connectivity index (χ0v) is 12.5. The second-order valence-electron chi connectivity index (χ2n) is 4.22. The Kier molecular flexibility index (Phi) is 3.59. The molecule has 0 fully saturated rings. The van der Waals surface area contributed by atoms with E-state index in [1.165, 1.54) is 0 Å². The number of fused-ring (bicyclic) bond motifs is 1. The zero-order chi connectivity index (χ0) is 15.1. The zero-order valence-electron chi connectivity index (χ0n) is 10.2. The van der Waals surface area contributed by atoms with Crippen molar-refractivity contribution in [3.05, 3.63) is 57.4 Å². The van der Waals surface area contributed by atoms with E-state index in [-0.39, 0.29) is 16.5 Å². The maximum atomic E-state index is 13.8. The third-order valence-electron chi connectivity index (χ3n) is 2.89. The van der Waals surface area contributed by atoms with Gasteiger partial charge in [-0.2, -0.15) is 0 Å². The van der Waals surface area contributed by atoms with Crippen LogP contribution in [0.3, 0.4) is 0 Å². The number of aromatic nitrogens is 2. The Hall–Kier alpha value is -1.66. The largest absolute Gasteiger partial charge is 0.228 e. The minimum absolute atomic E-state index is 0.103. The number of nitrogens with zero attached hydrogens (tertiary/aromatic N) is 2. The lowest BCUT2D eigenvalue weighted by Crippen LogP contribution is -1.98. The van der Waals surface area contributed by atoms with E-state index in [0.29, 0.717) is 10.9 Å². The van der Waals surface area contributed by atoms with Crippen molar-refractivity contribution in [3.8, 4) is 11.4 Å². The molecule has 3 rings (SSSR count). The maximum absolute atomic E-state index is 13.8. The molecule has 0 radical (unpaired) electrons. The van der Waals surface area contributed by atoms with Crippen LogP contribution < -0.4 is 0 Å². The molecule has 106 valence electrons. The van der Waals surface area contributed by atoms with Gasteiger partial charge in [-0.15, -0.1) is 0 Å². The number of benzene rings is 2. The van der Waals surface area contributed by atoms with Gasteiger partial charge in [0.1, 0.15) is 5.15 Å². The van der Waals surface area contributed by atoms with E-state index in [2.05, 4.69) is 25.9 Å². The third-order valence-corrected chi connectivity index (χ3v) is 3.67. The molecule has 0 saturated carbocycles. The molecule has 0 atom stereocenters. The van der Waals surface area contributed by atoms with Crippen molar-refractivity contribution in [2.24, 2.45) is 0 Å². The normalized spacial score (nSPS) is 11.1. The maximum Gasteiger partial charge on any atom is 0.195 e. The summed E-state index contributed by atoms with van der Waals surface area (Å²) in [7, 11) is 0. The van der Waals surface area contributed by atoms with E-state index in [9.17, 15) is 13.2 Å². The Morgan fingerprint density at radius 1 is 0.952 bits per heavy atom. The van der Waals surface area contributed by atoms with E-state index in [1.807, 2.05) is 0 Å². The van der Waals surface area contributed by atoms with E-state index in [4.69, 9.17) is 11.6 Å². The predicted octanol–water partition coefficient (Wildman–Crippen LogP) is 5.13. The Morgan fingerprint density at radius 2 is 1.71 bits per heavy atom. The van der Waals surface area contributed by atoms with Crippen LogP contribution in [0.15, 0.2) is 34.8 Å². The highest BCUT2D eigenvalue weighted by molar-refractivity contribution is 9.10. The third kappa shape index (κ3) is 2.49. The summed E-state index contributed by atoms with van der Waals surface area (Å²) in [6.45, 7) is 0. The van der Waals surface area contributed by atoms with E-state index < -0.39 is 17.5 Å². The summed E-state index contributed by atoms with van der Waals surface area (Å²) in [4.78, 5) is 8.09. The van der Waals surface area contributed by atoms with Crippen LogP contribution in [0.25, 0.3) is 22.3 Å². The lowest BCUT2D eigenvalue weighted by Gasteiger charge is -2.07. The van der Waals surface area contributed by atoms with Crippen LogP contribution in [-0.4, -0.2) is 9.97 Å². The fraction of sp³-hybridized carbons (Fsp3) is 0. The number of hydrogen-bond acceptors (Lipinski definition) is 2. The van der Waals surface area contributed by atoms with E-state index >= 15 is 0 Å². The topological polar surface area (TPSA) is 25.8 Å². The summed E-state index contributed by atoms with van der Waals surface area (Å²) in [6.07, 6.45) is 0. The molecule has 0 aliphatic carbocycles. The fourth-order valence-electron chi connectivity index (χ4n) is 1.88. The van der Waals surface area contributed by atoms with Crippen LogP contribution in [0.1, 0.15) is 0 Å². The molecule has 7 heteroatoms. The average molecular weight is 374 g/mol. The van der Waals surface area contributed by atoms with Crippen LogP contribution in [-0.2, 0) is 0 Å². The molecular weight excluding hydrogens is 369 g/mol. The highest BCUT2D eigenvalue weighted by Gasteiger charge is 2.18. The second kappa shape index (κ2) is 5.27. The van der Waals surface area contributed by atoms with Gasteiger partial charge >= 0.3 is 0 Å². The van der Waals surface area contributed by atoms with Crippen molar-refractivity contribution in [1.82, 2.24) is 9.97 Å². The number of rotatable bonds is 1. The van der Waals surface area contributed by atoms with Crippen LogP contribution >= 0.6 is 27.5 Å². The Morgan fingerprint density at radius 3 is 2.48 bits per heavy atom. The van der Waals surface area contributed by atoms with Crippen molar-refractivity contribution < 1.29 is 13.2 Å². The number of hydrogen-bond donors (Lipinski definition) is 0. The molecule has 0 saturated heterocycles. The summed E-state index contributed by atoms with van der Waals surface area (Å²) in [5.41, 5.74) is 0.209. The van der Waals surface area contributed by atoms with Crippen LogP contribution in [0.5, 0.6) is 0 Å². The first-order valence-corrected chi connectivity index (χ1v) is 6.91. The van der Waals surface area contributed by atoms with Crippen molar-refractivity contribution in [1.29, 1.82) is 0 Å². The Labute approximate surface area is 130 Å². The van der Waals surface area contributed by atoms with Gasteiger partial charge in [-0.3, -0.25) is 0 Å². The molecular formula is C14H5BrClF3N2. The van der Waals surface area contributed by atoms with Crippen LogP contribution in [0, 0.1) is 17.5 Å². The van der Waals surface area contributed by atoms with Gasteiger partial charge in [0.2, 0.25) is 0 Å². The van der Waals surface area contributed by atoms with Gasteiger partial charge in [0, 0.05) is 9.86 Å². The van der Waals surface area contributed by atoms with Gasteiger partial charge in [-0.1, -0.05) is 27.5 Å². The molecule has 2 nitrogen and oxygen atoms in total. The second-order valence-corrected chi connectivity index (χ2v) is 5.50. The molecule has 0 aliphatic heterocycles. The van der Waals surface area contributed by atoms with Gasteiger partial charge in [-0.05, 0) is 30.3 Å². The van der Waals surface area contributed by atoms with Crippen LogP contribution in [0.2, 0.25) is 5.15 Å². The van der Waals surface area contributed by atoms with E-state index in [0.717, 1.165) is 16.6 Å². The van der Waals surface area contributed by atoms with Gasteiger partial charge < -0.3 is 0 Å². The van der Waals surface area contributed by atoms with Crippen LogP contribution in [0.4, 0.5) is 13.2 Å². The van der Waals surface area contributed by atoms with Gasteiger partial charge in [0.15, 0.2) is 23.3 Å². The number of halogens is 5. The van der Waals surface area contributed by atoms with Gasteiger partial charge in [-0.25, -0.2) is 23.1 Å². The smallest absolute Gasteiger partial charge is 0.195 e. The summed E-state index contributed by atoms with van der Waals surface area (Å²) >= 11 is 9.32. The minimum Gasteiger partial charge on any atom is -0.228 e. The molecule has 21 heavy (non-hydrogen) atoms. The minimum atomic E-state index is -1.57. The highest BCUT2D eigenvalue weighted by Crippen LogP contribution is 2.29. The molecule has 1 heterocycles. The Bertz CT molecular complexity index is 870. The molecule has 0 spiro atoms. The standard InChI is InChI=1S/C14H5BrClF3N2/c15-6-1-2-7-10(5-6)20-14(21-13(7)16)8-3-4-9(17)12(19)11(8)18/h1-5H. The molecule has 0 aliphatic rings. The lowest BCUT2D eigenvalue weighted by molar-refractivity contribution is 0.448. The quantitative estimate of drug-likeness (QED) is 0.436. The van der Waals surface area contributed by atoms with Crippen molar-refractivity contribution in [2.75, 3.05) is 0 Å².